The van der Waals surface area contributed by atoms with Crippen molar-refractivity contribution < 1.29 is 24.5 Å². The lowest BCUT2D eigenvalue weighted by Crippen LogP contribution is -2.42. The number of hydrogen-bond acceptors (Lipinski definition) is 10. The number of rotatable bonds is 13. The van der Waals surface area contributed by atoms with Crippen molar-refractivity contribution in [2.45, 2.75) is 43.8 Å². The Morgan fingerprint density at radius 2 is 1.64 bits per heavy atom. The van der Waals surface area contributed by atoms with Gasteiger partial charge >= 0.3 is 0 Å². The maximum atomic E-state index is 13.2. The van der Waals surface area contributed by atoms with Crippen molar-refractivity contribution in [2.75, 3.05) is 38.5 Å². The highest BCUT2D eigenvalue weighted by atomic mass is 16.6. The summed E-state index contributed by atoms with van der Waals surface area (Å²) in [7, 11) is 1.84. The van der Waals surface area contributed by atoms with Crippen molar-refractivity contribution in [1.82, 2.24) is 35.5 Å². The van der Waals surface area contributed by atoms with Gasteiger partial charge in [0.2, 0.25) is 5.82 Å². The monoisotopic (exact) mass is 602 g/mol. The number of hydrogen-bond donors (Lipinski definition) is 6. The second-order valence-electron chi connectivity index (χ2n) is 10.5. The quantitative estimate of drug-likeness (QED) is 0.122. The normalized spacial score (nSPS) is 19.8. The van der Waals surface area contributed by atoms with Crippen molar-refractivity contribution in [2.24, 2.45) is 0 Å². The summed E-state index contributed by atoms with van der Waals surface area (Å²) >= 11 is 0. The van der Waals surface area contributed by atoms with Crippen molar-refractivity contribution >= 4 is 28.8 Å². The zero-order chi connectivity index (χ0) is 31.1. The SMILES string of the molecule is CCNC(=O)[C@H]1O[C@@H](n2cnc3c(NCC(c4ccccc4)c4ccccc4)nc(C(=O)NCCCNC)nc32)[C@@H](O)[C@@H]1O. The molecule has 0 aliphatic carbocycles. The van der Waals surface area contributed by atoms with E-state index in [1.807, 2.05) is 43.4 Å². The van der Waals surface area contributed by atoms with Crippen LogP contribution in [-0.2, 0) is 9.53 Å². The fraction of sp³-hybridized carbons (Fsp3) is 0.387. The van der Waals surface area contributed by atoms with Crippen LogP contribution in [0.5, 0.6) is 0 Å². The number of fused-ring (bicyclic) bond motifs is 1. The Morgan fingerprint density at radius 1 is 0.955 bits per heavy atom. The number of aliphatic hydroxyl groups is 2. The highest BCUT2D eigenvalue weighted by Gasteiger charge is 2.47. The fourth-order valence-corrected chi connectivity index (χ4v) is 5.25. The van der Waals surface area contributed by atoms with Crippen LogP contribution < -0.4 is 21.3 Å². The molecule has 1 aliphatic rings. The lowest BCUT2D eigenvalue weighted by molar-refractivity contribution is -0.137. The molecular weight excluding hydrogens is 564 g/mol. The van der Waals surface area contributed by atoms with E-state index in [0.29, 0.717) is 37.4 Å². The Morgan fingerprint density at radius 3 is 2.27 bits per heavy atom. The molecule has 1 aliphatic heterocycles. The second kappa shape index (κ2) is 14.4. The number of aromatic nitrogens is 4. The second-order valence-corrected chi connectivity index (χ2v) is 10.5. The predicted octanol–water partition coefficient (Wildman–Crippen LogP) is 1.16. The van der Waals surface area contributed by atoms with Gasteiger partial charge in [-0.15, -0.1) is 0 Å². The van der Waals surface area contributed by atoms with E-state index in [4.69, 9.17) is 4.74 Å². The minimum Gasteiger partial charge on any atom is -0.387 e. The number of ether oxygens (including phenoxy) is 1. The van der Waals surface area contributed by atoms with Gasteiger partial charge in [-0.05, 0) is 38.1 Å². The van der Waals surface area contributed by atoms with Crippen LogP contribution in [0.4, 0.5) is 5.82 Å². The Balaban J connectivity index is 1.50. The van der Waals surface area contributed by atoms with Gasteiger partial charge in [0.15, 0.2) is 29.3 Å². The number of nitrogens with one attached hydrogen (secondary N) is 4. The van der Waals surface area contributed by atoms with E-state index in [0.717, 1.165) is 17.7 Å². The topological polar surface area (TPSA) is 176 Å². The number of carbonyl (C=O) groups excluding carboxylic acids is 2. The van der Waals surface area contributed by atoms with Gasteiger partial charge in [-0.25, -0.2) is 15.0 Å². The third kappa shape index (κ3) is 6.70. The van der Waals surface area contributed by atoms with E-state index in [-0.39, 0.29) is 17.4 Å². The first kappa shape index (κ1) is 31.0. The molecule has 2 aromatic carbocycles. The van der Waals surface area contributed by atoms with Crippen LogP contribution in [0.2, 0.25) is 0 Å². The molecule has 44 heavy (non-hydrogen) atoms. The number of carbonyl (C=O) groups is 2. The van der Waals surface area contributed by atoms with Crippen LogP contribution in [0.3, 0.4) is 0 Å². The van der Waals surface area contributed by atoms with E-state index in [1.165, 1.54) is 10.9 Å². The molecule has 0 unspecified atom stereocenters. The number of aliphatic hydroxyl groups excluding tert-OH is 2. The summed E-state index contributed by atoms with van der Waals surface area (Å²) in [6.07, 6.45) is -3.30. The summed E-state index contributed by atoms with van der Waals surface area (Å²) in [6.45, 7) is 3.65. The summed E-state index contributed by atoms with van der Waals surface area (Å²) in [5, 5.41) is 33.4. The smallest absolute Gasteiger partial charge is 0.289 e. The van der Waals surface area contributed by atoms with Gasteiger partial charge in [-0.3, -0.25) is 14.2 Å². The van der Waals surface area contributed by atoms with Crippen molar-refractivity contribution in [3.63, 3.8) is 0 Å². The molecule has 1 saturated heterocycles. The molecule has 232 valence electrons. The first-order chi connectivity index (χ1) is 21.4. The molecule has 0 spiro atoms. The molecule has 4 atom stereocenters. The Hall–Kier alpha value is -4.43. The molecule has 3 heterocycles. The molecule has 6 N–H and O–H groups in total. The van der Waals surface area contributed by atoms with E-state index < -0.39 is 36.4 Å². The Labute approximate surface area is 255 Å². The molecule has 0 saturated carbocycles. The Kier molecular flexibility index (Phi) is 10.1. The number of nitrogens with zero attached hydrogens (tertiary/aromatic N) is 4. The van der Waals surface area contributed by atoms with Gasteiger partial charge < -0.3 is 36.2 Å². The fourth-order valence-electron chi connectivity index (χ4n) is 5.25. The standard InChI is InChI=1S/C31H38N8O5/c1-3-33-29(42)25-23(40)24(41)31(44-25)39-18-36-22-26(37-27(38-28(22)39)30(43)34-16-10-15-32-2)35-17-21(19-11-6-4-7-12-19)20-13-8-5-9-14-20/h4-9,11-14,18,21,23-25,31-32,40-41H,3,10,15-17H2,1-2H3,(H,33,42)(H,34,43)(H,35,37,38)/t23-,24-,25-,31+/m0/s1. The average Bonchev–Trinajstić information content (AvgIpc) is 3.60. The highest BCUT2D eigenvalue weighted by Crippen LogP contribution is 2.33. The van der Waals surface area contributed by atoms with Crippen LogP contribution in [-0.4, -0.2) is 93.1 Å². The third-order valence-electron chi connectivity index (χ3n) is 7.51. The lowest BCUT2D eigenvalue weighted by atomic mass is 9.91. The first-order valence-corrected chi connectivity index (χ1v) is 14.7. The maximum absolute atomic E-state index is 13.2. The first-order valence-electron chi connectivity index (χ1n) is 14.7. The molecule has 0 bridgehead atoms. The molecular formula is C31H38N8O5. The van der Waals surface area contributed by atoms with E-state index in [1.54, 1.807) is 6.92 Å². The lowest BCUT2D eigenvalue weighted by Gasteiger charge is -2.20. The largest absolute Gasteiger partial charge is 0.387 e. The van der Waals surface area contributed by atoms with Crippen molar-refractivity contribution in [3.05, 3.63) is 83.9 Å². The number of benzene rings is 2. The highest BCUT2D eigenvalue weighted by molar-refractivity contribution is 5.94. The van der Waals surface area contributed by atoms with Crippen LogP contribution in [0.15, 0.2) is 67.0 Å². The molecule has 4 aromatic rings. The summed E-state index contributed by atoms with van der Waals surface area (Å²) in [4.78, 5) is 39.2. The number of anilines is 1. The molecule has 0 radical (unpaired) electrons. The molecule has 1 fully saturated rings. The van der Waals surface area contributed by atoms with Gasteiger partial charge in [0.25, 0.3) is 11.8 Å². The molecule has 13 heteroatoms. The van der Waals surface area contributed by atoms with E-state index in [9.17, 15) is 19.8 Å². The minimum atomic E-state index is -1.48. The van der Waals surface area contributed by atoms with Gasteiger partial charge in [-0.2, -0.15) is 0 Å². The molecule has 2 aromatic heterocycles. The van der Waals surface area contributed by atoms with Crippen molar-refractivity contribution in [1.29, 1.82) is 0 Å². The maximum Gasteiger partial charge on any atom is 0.289 e. The van der Waals surface area contributed by atoms with Crippen LogP contribution >= 0.6 is 0 Å². The van der Waals surface area contributed by atoms with Crippen LogP contribution in [0, 0.1) is 0 Å². The minimum absolute atomic E-state index is 0.0451. The Bertz CT molecular complexity index is 1510. The van der Waals surface area contributed by atoms with Crippen LogP contribution in [0.25, 0.3) is 11.2 Å². The van der Waals surface area contributed by atoms with Crippen molar-refractivity contribution in [3.8, 4) is 0 Å². The van der Waals surface area contributed by atoms with Gasteiger partial charge in [0.1, 0.15) is 12.2 Å². The zero-order valence-corrected chi connectivity index (χ0v) is 24.7. The summed E-state index contributed by atoms with van der Waals surface area (Å²) < 4.78 is 7.24. The van der Waals surface area contributed by atoms with E-state index >= 15 is 0 Å². The molecule has 5 rings (SSSR count). The summed E-state index contributed by atoms with van der Waals surface area (Å²) in [6, 6.07) is 20.1. The number of imidazole rings is 1. The number of likely N-dealkylation sites (N-methyl/N-ethyl adjacent to an activating group) is 1. The van der Waals surface area contributed by atoms with Crippen LogP contribution in [0.1, 0.15) is 47.2 Å². The summed E-state index contributed by atoms with van der Waals surface area (Å²) in [5.74, 6) is -0.849. The number of amides is 2. The average molecular weight is 603 g/mol. The van der Waals surface area contributed by atoms with Gasteiger partial charge in [0, 0.05) is 25.6 Å². The zero-order valence-electron chi connectivity index (χ0n) is 24.7. The molecule has 13 nitrogen and oxygen atoms in total. The third-order valence-corrected chi connectivity index (χ3v) is 7.51. The summed E-state index contributed by atoms with van der Waals surface area (Å²) in [5.41, 5.74) is 2.73. The van der Waals surface area contributed by atoms with E-state index in [2.05, 4.69) is 60.5 Å². The predicted molar refractivity (Wildman–Crippen MR) is 164 cm³/mol. The van der Waals surface area contributed by atoms with Gasteiger partial charge in [-0.1, -0.05) is 60.7 Å². The molecule has 2 amide bonds. The van der Waals surface area contributed by atoms with Gasteiger partial charge in [0.05, 0.1) is 6.33 Å².